The molecule has 0 bridgehead atoms. The van der Waals surface area contributed by atoms with Crippen LogP contribution in [0.4, 0.5) is 0 Å². The second-order valence-corrected chi connectivity index (χ2v) is 6.68. The number of aryl methyl sites for hydroxylation is 1. The third kappa shape index (κ3) is 5.00. The number of sulfonamides is 1. The minimum atomic E-state index is -3.67. The number of benzene rings is 1. The Hall–Kier alpha value is -1.40. The van der Waals surface area contributed by atoms with Crippen molar-refractivity contribution >= 4 is 16.0 Å². The van der Waals surface area contributed by atoms with Crippen molar-refractivity contribution in [2.75, 3.05) is 0 Å². The Morgan fingerprint density at radius 2 is 1.79 bits per heavy atom. The molecular formula is C13H19NO4S. The summed E-state index contributed by atoms with van der Waals surface area (Å²) in [5.74, 6) is -1.70. The zero-order valence-corrected chi connectivity index (χ0v) is 12.1. The van der Waals surface area contributed by atoms with Gasteiger partial charge >= 0.3 is 5.97 Å². The van der Waals surface area contributed by atoms with Gasteiger partial charge < -0.3 is 5.11 Å². The van der Waals surface area contributed by atoms with Crippen LogP contribution in [0.15, 0.2) is 24.3 Å². The van der Waals surface area contributed by atoms with Crippen LogP contribution in [0.5, 0.6) is 0 Å². The first kappa shape index (κ1) is 15.7. The fourth-order valence-corrected chi connectivity index (χ4v) is 3.08. The molecular weight excluding hydrogens is 266 g/mol. The lowest BCUT2D eigenvalue weighted by Gasteiger charge is -2.17. The molecule has 0 saturated carbocycles. The van der Waals surface area contributed by atoms with E-state index in [1.165, 1.54) is 0 Å². The van der Waals surface area contributed by atoms with E-state index in [4.69, 9.17) is 5.11 Å². The van der Waals surface area contributed by atoms with Crippen molar-refractivity contribution in [1.29, 1.82) is 0 Å². The monoisotopic (exact) mass is 285 g/mol. The highest BCUT2D eigenvalue weighted by Gasteiger charge is 2.26. The van der Waals surface area contributed by atoms with Crippen molar-refractivity contribution < 1.29 is 18.3 Å². The highest BCUT2D eigenvalue weighted by molar-refractivity contribution is 7.88. The third-order valence-electron chi connectivity index (χ3n) is 2.72. The van der Waals surface area contributed by atoms with Gasteiger partial charge in [0, 0.05) is 0 Å². The first-order valence-electron chi connectivity index (χ1n) is 5.99. The number of hydrogen-bond acceptors (Lipinski definition) is 3. The minimum Gasteiger partial charge on any atom is -0.480 e. The van der Waals surface area contributed by atoms with Gasteiger partial charge in [0.25, 0.3) is 0 Å². The molecule has 0 unspecified atom stereocenters. The predicted molar refractivity (Wildman–Crippen MR) is 73.2 cm³/mol. The van der Waals surface area contributed by atoms with E-state index in [0.29, 0.717) is 5.56 Å². The fraction of sp³-hybridized carbons (Fsp3) is 0.462. The van der Waals surface area contributed by atoms with Gasteiger partial charge in [-0.1, -0.05) is 43.7 Å². The normalized spacial score (nSPS) is 13.5. The van der Waals surface area contributed by atoms with Crippen molar-refractivity contribution in [2.45, 2.75) is 32.6 Å². The van der Waals surface area contributed by atoms with E-state index in [2.05, 4.69) is 4.72 Å². The van der Waals surface area contributed by atoms with Gasteiger partial charge in [0.15, 0.2) is 0 Å². The zero-order chi connectivity index (χ0) is 14.6. The summed E-state index contributed by atoms with van der Waals surface area (Å²) in [6.07, 6.45) is 0. The summed E-state index contributed by atoms with van der Waals surface area (Å²) in [6, 6.07) is 5.99. The molecule has 1 aromatic rings. The lowest BCUT2D eigenvalue weighted by atomic mass is 10.1. The van der Waals surface area contributed by atoms with Gasteiger partial charge in [-0.25, -0.2) is 13.1 Å². The highest BCUT2D eigenvalue weighted by atomic mass is 32.2. The number of carboxylic acid groups (broad SMARTS) is 1. The van der Waals surface area contributed by atoms with Gasteiger partial charge in [0.2, 0.25) is 10.0 Å². The molecule has 1 aromatic carbocycles. The SMILES string of the molecule is Cc1ccc(CS(=O)(=O)N[C@H](C(=O)O)C(C)C)cc1. The first-order chi connectivity index (χ1) is 8.71. The summed E-state index contributed by atoms with van der Waals surface area (Å²) in [6.45, 7) is 5.23. The molecule has 0 spiro atoms. The van der Waals surface area contributed by atoms with E-state index < -0.39 is 22.0 Å². The molecule has 0 aliphatic heterocycles. The van der Waals surface area contributed by atoms with Crippen LogP contribution >= 0.6 is 0 Å². The van der Waals surface area contributed by atoms with Gasteiger partial charge in [-0.3, -0.25) is 4.79 Å². The molecule has 1 rings (SSSR count). The number of rotatable bonds is 6. The molecule has 106 valence electrons. The summed E-state index contributed by atoms with van der Waals surface area (Å²) < 4.78 is 26.1. The Labute approximate surface area is 113 Å². The van der Waals surface area contributed by atoms with Crippen LogP contribution in [0.3, 0.4) is 0 Å². The standard InChI is InChI=1S/C13H19NO4S/c1-9(2)12(13(15)16)14-19(17,18)8-11-6-4-10(3)5-7-11/h4-7,9,12,14H,8H2,1-3H3,(H,15,16)/t12-/m0/s1. The predicted octanol–water partition coefficient (Wildman–Crippen LogP) is 1.52. The topological polar surface area (TPSA) is 83.5 Å². The highest BCUT2D eigenvalue weighted by Crippen LogP contribution is 2.10. The lowest BCUT2D eigenvalue weighted by Crippen LogP contribution is -2.44. The maximum atomic E-state index is 11.9. The molecule has 19 heavy (non-hydrogen) atoms. The largest absolute Gasteiger partial charge is 0.480 e. The molecule has 0 aromatic heterocycles. The van der Waals surface area contributed by atoms with Crippen LogP contribution in [-0.4, -0.2) is 25.5 Å². The Balaban J connectivity index is 2.81. The van der Waals surface area contributed by atoms with E-state index >= 15 is 0 Å². The van der Waals surface area contributed by atoms with Crippen molar-refractivity contribution in [2.24, 2.45) is 5.92 Å². The van der Waals surface area contributed by atoms with Crippen molar-refractivity contribution in [3.63, 3.8) is 0 Å². The number of carboxylic acids is 1. The van der Waals surface area contributed by atoms with E-state index in [9.17, 15) is 13.2 Å². The summed E-state index contributed by atoms with van der Waals surface area (Å²) in [5.41, 5.74) is 1.67. The first-order valence-corrected chi connectivity index (χ1v) is 7.65. The van der Waals surface area contributed by atoms with Gasteiger partial charge in [0.1, 0.15) is 6.04 Å². The fourth-order valence-electron chi connectivity index (χ4n) is 1.61. The van der Waals surface area contributed by atoms with Crippen molar-refractivity contribution in [3.8, 4) is 0 Å². The summed E-state index contributed by atoms with van der Waals surface area (Å²) >= 11 is 0. The Bertz CT molecular complexity index is 534. The smallest absolute Gasteiger partial charge is 0.321 e. The van der Waals surface area contributed by atoms with Crippen LogP contribution < -0.4 is 4.72 Å². The molecule has 6 heteroatoms. The van der Waals surface area contributed by atoms with Gasteiger partial charge in [0.05, 0.1) is 5.75 Å². The van der Waals surface area contributed by atoms with Crippen LogP contribution in [0.2, 0.25) is 0 Å². The summed E-state index contributed by atoms with van der Waals surface area (Å²) in [7, 11) is -3.67. The molecule has 5 nitrogen and oxygen atoms in total. The van der Waals surface area contributed by atoms with E-state index in [0.717, 1.165) is 5.56 Å². The Morgan fingerprint density at radius 3 is 2.21 bits per heavy atom. The zero-order valence-electron chi connectivity index (χ0n) is 11.3. The van der Waals surface area contributed by atoms with Gasteiger partial charge in [-0.15, -0.1) is 0 Å². The van der Waals surface area contributed by atoms with Crippen molar-refractivity contribution in [1.82, 2.24) is 4.72 Å². The average molecular weight is 285 g/mol. The number of aliphatic carboxylic acids is 1. The van der Waals surface area contributed by atoms with Gasteiger partial charge in [-0.05, 0) is 18.4 Å². The molecule has 0 fully saturated rings. The second-order valence-electron chi connectivity index (χ2n) is 4.92. The molecule has 0 heterocycles. The minimum absolute atomic E-state index is 0.218. The van der Waals surface area contributed by atoms with Crippen LogP contribution in [0, 0.1) is 12.8 Å². The Kier molecular flexibility index (Phi) is 5.08. The van der Waals surface area contributed by atoms with Crippen LogP contribution in [0.25, 0.3) is 0 Å². The number of hydrogen-bond donors (Lipinski definition) is 2. The molecule has 0 amide bonds. The third-order valence-corrected chi connectivity index (χ3v) is 4.04. The molecule has 2 N–H and O–H groups in total. The Morgan fingerprint density at radius 1 is 1.26 bits per heavy atom. The summed E-state index contributed by atoms with van der Waals surface area (Å²) in [4.78, 5) is 11.0. The molecule has 1 atom stereocenters. The average Bonchev–Trinajstić information content (AvgIpc) is 2.28. The van der Waals surface area contributed by atoms with Gasteiger partial charge in [-0.2, -0.15) is 0 Å². The molecule has 0 radical (unpaired) electrons. The maximum absolute atomic E-state index is 11.9. The van der Waals surface area contributed by atoms with E-state index in [-0.39, 0.29) is 11.7 Å². The number of nitrogens with one attached hydrogen (secondary N) is 1. The number of carbonyl (C=O) groups is 1. The summed E-state index contributed by atoms with van der Waals surface area (Å²) in [5, 5.41) is 8.98. The van der Waals surface area contributed by atoms with Crippen LogP contribution in [0.1, 0.15) is 25.0 Å². The molecule has 0 aliphatic carbocycles. The van der Waals surface area contributed by atoms with E-state index in [1.54, 1.807) is 26.0 Å². The molecule has 0 saturated heterocycles. The second kappa shape index (κ2) is 6.16. The van der Waals surface area contributed by atoms with Crippen LogP contribution in [-0.2, 0) is 20.6 Å². The van der Waals surface area contributed by atoms with Crippen molar-refractivity contribution in [3.05, 3.63) is 35.4 Å². The van der Waals surface area contributed by atoms with E-state index in [1.807, 2.05) is 19.1 Å². The maximum Gasteiger partial charge on any atom is 0.321 e. The lowest BCUT2D eigenvalue weighted by molar-refractivity contribution is -0.140. The molecule has 0 aliphatic rings. The quantitative estimate of drug-likeness (QED) is 0.830.